The van der Waals surface area contributed by atoms with E-state index in [1.807, 2.05) is 0 Å². The number of carbonyl (C=O) groups is 5. The largest absolute Gasteiger partial charge is 0.459 e. The maximum Gasteiger partial charge on any atom is 0.320 e. The van der Waals surface area contributed by atoms with Crippen molar-refractivity contribution in [2.24, 2.45) is 0 Å². The van der Waals surface area contributed by atoms with Gasteiger partial charge in [0.25, 0.3) is 11.8 Å². The molecule has 11 heteroatoms. The van der Waals surface area contributed by atoms with E-state index in [2.05, 4.69) is 10.6 Å². The van der Waals surface area contributed by atoms with E-state index in [9.17, 15) is 24.0 Å². The van der Waals surface area contributed by atoms with Gasteiger partial charge in [-0.3, -0.25) is 34.2 Å². The molecular formula is C20H30N3O6PS. The molecule has 0 aromatic rings. The van der Waals surface area contributed by atoms with Crippen molar-refractivity contribution in [2.45, 2.75) is 58.1 Å². The highest BCUT2D eigenvalue weighted by atomic mass is 32.4. The van der Waals surface area contributed by atoms with Crippen molar-refractivity contribution >= 4 is 48.6 Å². The second kappa shape index (κ2) is 13.4. The standard InChI is InChI=1S/C20H30N3O6PS/c1-20(2,3)29-19(28)12-22-14(15(24)13-30-31)6-4-5-10-21-16(25)9-11-23-17(26)7-8-18(23)27/h7-8,14,22H,4-6,9-13H2,1-3H3,(H,21,25). The number of ether oxygens (including phenoxy) is 1. The van der Waals surface area contributed by atoms with Crippen LogP contribution in [0.5, 0.6) is 0 Å². The van der Waals surface area contributed by atoms with E-state index in [0.717, 1.165) is 4.90 Å². The third kappa shape index (κ3) is 11.2. The van der Waals surface area contributed by atoms with Gasteiger partial charge in [0.2, 0.25) is 5.91 Å². The number of imide groups is 1. The van der Waals surface area contributed by atoms with Gasteiger partial charge in [-0.25, -0.2) is 0 Å². The second-order valence-corrected chi connectivity index (χ2v) is 9.38. The lowest BCUT2D eigenvalue weighted by molar-refractivity contribution is -0.153. The molecule has 172 valence electrons. The Kier molecular flexibility index (Phi) is 11.7. The Labute approximate surface area is 189 Å². The van der Waals surface area contributed by atoms with Crippen molar-refractivity contribution in [3.63, 3.8) is 0 Å². The van der Waals surface area contributed by atoms with Crippen LogP contribution in [0.4, 0.5) is 0 Å². The minimum atomic E-state index is -0.596. The molecule has 0 aliphatic carbocycles. The van der Waals surface area contributed by atoms with Crippen LogP contribution in [0.15, 0.2) is 12.2 Å². The Morgan fingerprint density at radius 1 is 1.16 bits per heavy atom. The molecule has 0 radical (unpaired) electrons. The zero-order valence-electron chi connectivity index (χ0n) is 18.1. The summed E-state index contributed by atoms with van der Waals surface area (Å²) < 4.78 is 5.24. The van der Waals surface area contributed by atoms with Crippen molar-refractivity contribution in [1.82, 2.24) is 15.5 Å². The second-order valence-electron chi connectivity index (χ2n) is 8.03. The number of hydrogen-bond acceptors (Lipinski definition) is 8. The van der Waals surface area contributed by atoms with E-state index in [-0.39, 0.29) is 37.4 Å². The van der Waals surface area contributed by atoms with Crippen LogP contribution in [0.3, 0.4) is 0 Å². The SMILES string of the molecule is CC(C)(C)OC(=O)CNC(CCCCNC(=O)CCN1C(=O)C=CC1=O)C(=O)CP=S. The average Bonchev–Trinajstić information content (AvgIpc) is 2.98. The van der Waals surface area contributed by atoms with Gasteiger partial charge in [0, 0.05) is 31.7 Å². The Morgan fingerprint density at radius 2 is 1.81 bits per heavy atom. The Bertz CT molecular complexity index is 717. The van der Waals surface area contributed by atoms with Crippen molar-refractivity contribution < 1.29 is 28.7 Å². The number of unbranched alkanes of at least 4 members (excludes halogenated alkanes) is 1. The summed E-state index contributed by atoms with van der Waals surface area (Å²) >= 11 is 4.85. The van der Waals surface area contributed by atoms with Crippen LogP contribution < -0.4 is 10.6 Å². The van der Waals surface area contributed by atoms with E-state index in [4.69, 9.17) is 16.5 Å². The number of nitrogens with zero attached hydrogens (tertiary/aromatic N) is 1. The Hall–Kier alpha value is -2.03. The number of carbonyl (C=O) groups excluding carboxylic acids is 5. The first-order valence-corrected chi connectivity index (χ1v) is 12.2. The molecule has 1 aliphatic rings. The van der Waals surface area contributed by atoms with Crippen LogP contribution in [-0.4, -0.2) is 71.8 Å². The third-order valence-electron chi connectivity index (χ3n) is 4.23. The van der Waals surface area contributed by atoms with Gasteiger partial charge in [-0.15, -0.1) is 0 Å². The average molecular weight is 472 g/mol. The predicted molar refractivity (Wildman–Crippen MR) is 119 cm³/mol. The van der Waals surface area contributed by atoms with Gasteiger partial charge in [0.15, 0.2) is 5.78 Å². The molecule has 2 N–H and O–H groups in total. The molecule has 0 saturated heterocycles. The molecule has 3 amide bonds. The Balaban J connectivity index is 2.30. The first kappa shape index (κ1) is 27.0. The van der Waals surface area contributed by atoms with Gasteiger partial charge in [-0.1, -0.05) is 11.8 Å². The maximum atomic E-state index is 12.3. The van der Waals surface area contributed by atoms with Gasteiger partial charge in [0.05, 0.1) is 18.7 Å². The summed E-state index contributed by atoms with van der Waals surface area (Å²) in [5, 5.41) is 5.68. The smallest absolute Gasteiger partial charge is 0.320 e. The summed E-state index contributed by atoms with van der Waals surface area (Å²) in [6.07, 6.45) is 4.42. The van der Waals surface area contributed by atoms with Gasteiger partial charge < -0.3 is 10.1 Å². The van der Waals surface area contributed by atoms with Crippen LogP contribution in [-0.2, 0) is 40.5 Å². The molecule has 9 nitrogen and oxygen atoms in total. The monoisotopic (exact) mass is 471 g/mol. The zero-order valence-corrected chi connectivity index (χ0v) is 19.9. The number of esters is 1. The fraction of sp³-hybridized carbons (Fsp3) is 0.650. The first-order chi connectivity index (χ1) is 14.5. The van der Waals surface area contributed by atoms with E-state index in [1.165, 1.54) is 12.2 Å². The summed E-state index contributed by atoms with van der Waals surface area (Å²) in [4.78, 5) is 59.9. The molecule has 1 aliphatic heterocycles. The molecule has 0 aromatic heterocycles. The number of amides is 3. The van der Waals surface area contributed by atoms with Gasteiger partial charge >= 0.3 is 5.97 Å². The van der Waals surface area contributed by atoms with Crippen LogP contribution in [0.25, 0.3) is 0 Å². The fourth-order valence-corrected chi connectivity index (χ4v) is 3.52. The van der Waals surface area contributed by atoms with Crippen LogP contribution >= 0.6 is 7.36 Å². The molecule has 31 heavy (non-hydrogen) atoms. The van der Waals surface area contributed by atoms with Gasteiger partial charge in [0.1, 0.15) is 5.60 Å². The summed E-state index contributed by atoms with van der Waals surface area (Å²) in [7, 11) is 0.548. The van der Waals surface area contributed by atoms with Crippen molar-refractivity contribution in [3.8, 4) is 0 Å². The van der Waals surface area contributed by atoms with Crippen LogP contribution in [0.2, 0.25) is 0 Å². The number of nitrogens with one attached hydrogen (secondary N) is 2. The summed E-state index contributed by atoms with van der Waals surface area (Å²) in [5.74, 6) is -1.57. The number of hydrogen-bond donors (Lipinski definition) is 2. The lowest BCUT2D eigenvalue weighted by atomic mass is 10.1. The molecule has 1 heterocycles. The summed E-state index contributed by atoms with van der Waals surface area (Å²) in [6.45, 7) is 5.70. The first-order valence-electron chi connectivity index (χ1n) is 10.1. The van der Waals surface area contributed by atoms with E-state index < -0.39 is 29.4 Å². The highest BCUT2D eigenvalue weighted by molar-refractivity contribution is 7.96. The highest BCUT2D eigenvalue weighted by Gasteiger charge is 2.24. The molecule has 0 aromatic carbocycles. The topological polar surface area (TPSA) is 122 Å². The van der Waals surface area contributed by atoms with Crippen molar-refractivity contribution in [3.05, 3.63) is 12.2 Å². The van der Waals surface area contributed by atoms with Crippen molar-refractivity contribution in [2.75, 3.05) is 25.8 Å². The molecule has 1 atom stereocenters. The molecule has 1 rings (SSSR count). The molecular weight excluding hydrogens is 441 g/mol. The molecule has 0 saturated carbocycles. The number of ketones is 1. The van der Waals surface area contributed by atoms with Gasteiger partial charge in [-0.05, 0) is 47.4 Å². The minimum absolute atomic E-state index is 0.0373. The van der Waals surface area contributed by atoms with Crippen molar-refractivity contribution in [1.29, 1.82) is 0 Å². The minimum Gasteiger partial charge on any atom is -0.459 e. The lowest BCUT2D eigenvalue weighted by Crippen LogP contribution is -2.42. The third-order valence-corrected chi connectivity index (χ3v) is 5.05. The number of rotatable bonds is 14. The molecule has 0 spiro atoms. The van der Waals surface area contributed by atoms with E-state index >= 15 is 0 Å². The maximum absolute atomic E-state index is 12.3. The predicted octanol–water partition coefficient (Wildman–Crippen LogP) is 0.865. The lowest BCUT2D eigenvalue weighted by Gasteiger charge is -2.21. The van der Waals surface area contributed by atoms with Gasteiger partial charge in [-0.2, -0.15) is 0 Å². The molecule has 0 fully saturated rings. The summed E-state index contributed by atoms with van der Waals surface area (Å²) in [6, 6.07) is -0.502. The summed E-state index contributed by atoms with van der Waals surface area (Å²) in [5.41, 5.74) is -0.596. The fourth-order valence-electron chi connectivity index (χ4n) is 2.79. The number of Topliss-reactive ketones (excluding diaryl/α,β-unsaturated/α-hetero) is 1. The normalized spacial score (nSPS) is 14.7. The van der Waals surface area contributed by atoms with Crippen LogP contribution in [0, 0.1) is 0 Å². The molecule has 1 unspecified atom stereocenters. The van der Waals surface area contributed by atoms with E-state index in [1.54, 1.807) is 20.8 Å². The zero-order chi connectivity index (χ0) is 23.4. The highest BCUT2D eigenvalue weighted by Crippen LogP contribution is 2.09. The quantitative estimate of drug-likeness (QED) is 0.166. The molecule has 0 bridgehead atoms. The Morgan fingerprint density at radius 3 is 2.39 bits per heavy atom. The van der Waals surface area contributed by atoms with E-state index in [0.29, 0.717) is 33.2 Å². The van der Waals surface area contributed by atoms with Crippen LogP contribution in [0.1, 0.15) is 46.5 Å².